The van der Waals surface area contributed by atoms with Gasteiger partial charge in [0.05, 0.1) is 16.8 Å². The highest BCUT2D eigenvalue weighted by Gasteiger charge is 2.24. The van der Waals surface area contributed by atoms with Gasteiger partial charge < -0.3 is 5.11 Å². The van der Waals surface area contributed by atoms with Gasteiger partial charge in [0.15, 0.2) is 0 Å². The number of nitrogens with zero attached hydrogens (tertiary/aromatic N) is 1. The van der Waals surface area contributed by atoms with Crippen molar-refractivity contribution in [2.24, 2.45) is 0 Å². The third-order valence-electron chi connectivity index (χ3n) is 5.50. The SMILES string of the molecule is O=C(O)c1c2c(nc3ccccc13)/C(=C/c1ccc3ccccc3c1)CCC2. The van der Waals surface area contributed by atoms with Crippen molar-refractivity contribution >= 4 is 39.3 Å². The second-order valence-electron chi connectivity index (χ2n) is 7.27. The summed E-state index contributed by atoms with van der Waals surface area (Å²) in [6.45, 7) is 0. The first-order valence-electron chi connectivity index (χ1n) is 9.55. The number of aromatic carboxylic acids is 1. The normalized spacial score (nSPS) is 15.1. The summed E-state index contributed by atoms with van der Waals surface area (Å²) in [4.78, 5) is 16.9. The molecule has 0 radical (unpaired) electrons. The molecule has 0 bridgehead atoms. The molecule has 5 rings (SSSR count). The van der Waals surface area contributed by atoms with Gasteiger partial charge in [-0.25, -0.2) is 9.78 Å². The highest BCUT2D eigenvalue weighted by Crippen LogP contribution is 2.36. The lowest BCUT2D eigenvalue weighted by Gasteiger charge is -2.21. The van der Waals surface area contributed by atoms with E-state index in [9.17, 15) is 9.90 Å². The summed E-state index contributed by atoms with van der Waals surface area (Å²) in [6.07, 6.45) is 4.76. The smallest absolute Gasteiger partial charge is 0.336 e. The van der Waals surface area contributed by atoms with Crippen LogP contribution in [0.5, 0.6) is 0 Å². The molecule has 136 valence electrons. The lowest BCUT2D eigenvalue weighted by atomic mass is 9.86. The van der Waals surface area contributed by atoms with Gasteiger partial charge in [0.25, 0.3) is 0 Å². The zero-order chi connectivity index (χ0) is 19.1. The van der Waals surface area contributed by atoms with Crippen molar-refractivity contribution in [1.82, 2.24) is 4.98 Å². The van der Waals surface area contributed by atoms with Crippen LogP contribution in [0.25, 0.3) is 33.3 Å². The monoisotopic (exact) mass is 365 g/mol. The van der Waals surface area contributed by atoms with Crippen LogP contribution in [-0.2, 0) is 6.42 Å². The van der Waals surface area contributed by atoms with E-state index < -0.39 is 5.97 Å². The molecule has 4 aromatic rings. The summed E-state index contributed by atoms with van der Waals surface area (Å²) >= 11 is 0. The predicted molar refractivity (Wildman–Crippen MR) is 113 cm³/mol. The van der Waals surface area contributed by atoms with Crippen molar-refractivity contribution in [1.29, 1.82) is 0 Å². The van der Waals surface area contributed by atoms with Gasteiger partial charge in [0.1, 0.15) is 0 Å². The minimum atomic E-state index is -0.873. The first-order chi connectivity index (χ1) is 13.7. The fourth-order valence-corrected chi connectivity index (χ4v) is 4.22. The second-order valence-corrected chi connectivity index (χ2v) is 7.27. The van der Waals surface area contributed by atoms with Crippen LogP contribution in [-0.4, -0.2) is 16.1 Å². The van der Waals surface area contributed by atoms with Crippen LogP contribution in [0.3, 0.4) is 0 Å². The Morgan fingerprint density at radius 3 is 2.57 bits per heavy atom. The van der Waals surface area contributed by atoms with E-state index in [2.05, 4.69) is 36.4 Å². The van der Waals surface area contributed by atoms with Gasteiger partial charge >= 0.3 is 5.97 Å². The molecule has 1 N–H and O–H groups in total. The van der Waals surface area contributed by atoms with Crippen molar-refractivity contribution in [3.63, 3.8) is 0 Å². The summed E-state index contributed by atoms with van der Waals surface area (Å²) in [6, 6.07) is 22.2. The van der Waals surface area contributed by atoms with Gasteiger partial charge in [-0.05, 0) is 64.9 Å². The molecule has 3 aromatic carbocycles. The van der Waals surface area contributed by atoms with Crippen LogP contribution in [0.4, 0.5) is 0 Å². The maximum atomic E-state index is 12.1. The first kappa shape index (κ1) is 16.7. The van der Waals surface area contributed by atoms with Gasteiger partial charge in [-0.3, -0.25) is 0 Å². The minimum absolute atomic E-state index is 0.407. The largest absolute Gasteiger partial charge is 0.478 e. The number of carboxylic acids is 1. The Hall–Kier alpha value is -3.46. The van der Waals surface area contributed by atoms with Crippen molar-refractivity contribution in [2.75, 3.05) is 0 Å². The van der Waals surface area contributed by atoms with Crippen LogP contribution >= 0.6 is 0 Å². The van der Waals surface area contributed by atoms with Crippen molar-refractivity contribution < 1.29 is 9.90 Å². The van der Waals surface area contributed by atoms with E-state index in [0.29, 0.717) is 5.56 Å². The van der Waals surface area contributed by atoms with Gasteiger partial charge in [0, 0.05) is 5.39 Å². The maximum Gasteiger partial charge on any atom is 0.336 e. The predicted octanol–water partition coefficient (Wildman–Crippen LogP) is 5.96. The molecule has 0 atom stereocenters. The van der Waals surface area contributed by atoms with Gasteiger partial charge in [-0.15, -0.1) is 0 Å². The number of allylic oxidation sites excluding steroid dienone is 1. The van der Waals surface area contributed by atoms with Gasteiger partial charge in [-0.2, -0.15) is 0 Å². The molecular formula is C25H19NO2. The third kappa shape index (κ3) is 2.76. The quantitative estimate of drug-likeness (QED) is 0.476. The molecule has 0 unspecified atom stereocenters. The molecule has 3 heteroatoms. The van der Waals surface area contributed by atoms with E-state index in [1.807, 2.05) is 36.4 Å². The lowest BCUT2D eigenvalue weighted by Crippen LogP contribution is -2.13. The molecule has 1 aliphatic rings. The van der Waals surface area contributed by atoms with Crippen LogP contribution in [0.1, 0.15) is 40.0 Å². The number of fused-ring (bicyclic) bond motifs is 3. The third-order valence-corrected chi connectivity index (χ3v) is 5.50. The maximum absolute atomic E-state index is 12.1. The molecular weight excluding hydrogens is 346 g/mol. The van der Waals surface area contributed by atoms with Crippen LogP contribution in [0.2, 0.25) is 0 Å². The Balaban J connectivity index is 1.71. The molecule has 1 heterocycles. The minimum Gasteiger partial charge on any atom is -0.478 e. The molecule has 3 nitrogen and oxygen atoms in total. The number of aromatic nitrogens is 1. The fourth-order valence-electron chi connectivity index (χ4n) is 4.22. The Bertz CT molecular complexity index is 1270. The molecule has 0 saturated carbocycles. The number of rotatable bonds is 2. The zero-order valence-electron chi connectivity index (χ0n) is 15.4. The Morgan fingerprint density at radius 1 is 0.929 bits per heavy atom. The summed E-state index contributed by atoms with van der Waals surface area (Å²) < 4.78 is 0. The standard InChI is InChI=1S/C25H19NO2/c27-25(28)23-20-9-3-4-11-22(20)26-24-19(8-5-10-21(23)24)15-16-12-13-17-6-1-2-7-18(17)14-16/h1-4,6-7,9,11-15H,5,8,10H2,(H,27,28)/b19-15+. The van der Waals surface area contributed by atoms with Crippen molar-refractivity contribution in [3.8, 4) is 0 Å². The van der Waals surface area contributed by atoms with E-state index >= 15 is 0 Å². The molecule has 0 saturated heterocycles. The molecule has 28 heavy (non-hydrogen) atoms. The number of pyridine rings is 1. The number of carboxylic acid groups (broad SMARTS) is 1. The van der Waals surface area contributed by atoms with Crippen molar-refractivity contribution in [3.05, 3.63) is 89.1 Å². The number of benzene rings is 3. The molecule has 0 amide bonds. The highest BCUT2D eigenvalue weighted by atomic mass is 16.4. The van der Waals surface area contributed by atoms with Crippen molar-refractivity contribution in [2.45, 2.75) is 19.3 Å². The summed E-state index contributed by atoms with van der Waals surface area (Å²) in [5.41, 5.74) is 5.09. The first-order valence-corrected chi connectivity index (χ1v) is 9.55. The van der Waals surface area contributed by atoms with E-state index in [1.165, 1.54) is 10.8 Å². The average Bonchev–Trinajstić information content (AvgIpc) is 2.72. The summed E-state index contributed by atoms with van der Waals surface area (Å²) in [7, 11) is 0. The highest BCUT2D eigenvalue weighted by molar-refractivity contribution is 6.06. The Kier molecular flexibility index (Phi) is 3.94. The lowest BCUT2D eigenvalue weighted by molar-refractivity contribution is 0.0697. The number of para-hydroxylation sites is 1. The molecule has 0 aliphatic heterocycles. The second kappa shape index (κ2) is 6.61. The molecule has 0 spiro atoms. The Morgan fingerprint density at radius 2 is 1.71 bits per heavy atom. The van der Waals surface area contributed by atoms with E-state index in [1.54, 1.807) is 0 Å². The van der Waals surface area contributed by atoms with E-state index in [-0.39, 0.29) is 0 Å². The zero-order valence-corrected chi connectivity index (χ0v) is 15.4. The topological polar surface area (TPSA) is 50.2 Å². The summed E-state index contributed by atoms with van der Waals surface area (Å²) in [5.74, 6) is -0.873. The Labute approximate surface area is 163 Å². The van der Waals surface area contributed by atoms with Crippen LogP contribution in [0, 0.1) is 0 Å². The number of hydrogen-bond donors (Lipinski definition) is 1. The fraction of sp³-hybridized carbons (Fsp3) is 0.120. The van der Waals surface area contributed by atoms with Crippen LogP contribution < -0.4 is 0 Å². The van der Waals surface area contributed by atoms with E-state index in [0.717, 1.165) is 52.6 Å². The molecule has 0 fully saturated rings. The van der Waals surface area contributed by atoms with Gasteiger partial charge in [-0.1, -0.05) is 54.6 Å². The molecule has 1 aromatic heterocycles. The average molecular weight is 365 g/mol. The molecule has 1 aliphatic carbocycles. The van der Waals surface area contributed by atoms with Gasteiger partial charge in [0.2, 0.25) is 0 Å². The van der Waals surface area contributed by atoms with Crippen LogP contribution in [0.15, 0.2) is 66.7 Å². The van der Waals surface area contributed by atoms with E-state index in [4.69, 9.17) is 4.98 Å². The number of carbonyl (C=O) groups is 1. The summed E-state index contributed by atoms with van der Waals surface area (Å²) in [5, 5.41) is 13.0. The number of hydrogen-bond acceptors (Lipinski definition) is 2.